The molecule has 4 heteroatoms. The van der Waals surface area contributed by atoms with Crippen molar-refractivity contribution in [2.24, 2.45) is 0 Å². The van der Waals surface area contributed by atoms with E-state index < -0.39 is 0 Å². The van der Waals surface area contributed by atoms with Crippen LogP contribution in [0.5, 0.6) is 0 Å². The molecular weight excluding hydrogens is 228 g/mol. The van der Waals surface area contributed by atoms with Crippen molar-refractivity contribution in [3.63, 3.8) is 0 Å². The number of nitrogens with one attached hydrogen (secondary N) is 1. The number of morpholine rings is 1. The van der Waals surface area contributed by atoms with Crippen LogP contribution >= 0.6 is 0 Å². The highest BCUT2D eigenvalue weighted by molar-refractivity contribution is 4.96. The van der Waals surface area contributed by atoms with E-state index in [0.29, 0.717) is 6.04 Å². The molecule has 2 atom stereocenters. The number of likely N-dealkylation sites (N-methyl/N-ethyl adjacent to an activating group) is 1. The van der Waals surface area contributed by atoms with Gasteiger partial charge in [-0.1, -0.05) is 13.8 Å². The predicted octanol–water partition coefficient (Wildman–Crippen LogP) is 1.50. The fourth-order valence-electron chi connectivity index (χ4n) is 2.68. The van der Waals surface area contributed by atoms with Crippen LogP contribution in [0.1, 0.15) is 33.6 Å². The van der Waals surface area contributed by atoms with Gasteiger partial charge in [-0.3, -0.25) is 4.90 Å². The molecule has 1 heterocycles. The molecule has 0 saturated carbocycles. The van der Waals surface area contributed by atoms with Crippen LogP contribution in [-0.2, 0) is 9.47 Å². The summed E-state index contributed by atoms with van der Waals surface area (Å²) in [5, 5.41) is 3.44. The fraction of sp³-hybridized carbons (Fsp3) is 1.00. The molecular formula is C14H30N2O2. The van der Waals surface area contributed by atoms with E-state index in [2.05, 4.69) is 31.0 Å². The second-order valence-electron chi connectivity index (χ2n) is 5.23. The van der Waals surface area contributed by atoms with E-state index in [-0.39, 0.29) is 5.54 Å². The van der Waals surface area contributed by atoms with Crippen LogP contribution < -0.4 is 5.32 Å². The Kier molecular flexibility index (Phi) is 7.15. The molecule has 2 unspecified atom stereocenters. The van der Waals surface area contributed by atoms with Gasteiger partial charge in [0.1, 0.15) is 0 Å². The molecule has 0 aromatic heterocycles. The molecule has 18 heavy (non-hydrogen) atoms. The van der Waals surface area contributed by atoms with E-state index in [9.17, 15) is 0 Å². The molecule has 0 aromatic carbocycles. The minimum absolute atomic E-state index is 0.145. The first-order chi connectivity index (χ1) is 8.69. The van der Waals surface area contributed by atoms with Crippen molar-refractivity contribution in [2.75, 3.05) is 46.6 Å². The zero-order valence-corrected chi connectivity index (χ0v) is 12.5. The smallest absolute Gasteiger partial charge is 0.0637 e. The van der Waals surface area contributed by atoms with Gasteiger partial charge >= 0.3 is 0 Å². The van der Waals surface area contributed by atoms with Gasteiger partial charge in [-0.25, -0.2) is 0 Å². The van der Waals surface area contributed by atoms with Crippen LogP contribution in [0.15, 0.2) is 0 Å². The molecule has 1 N–H and O–H groups in total. The molecule has 0 radical (unpaired) electrons. The topological polar surface area (TPSA) is 33.7 Å². The van der Waals surface area contributed by atoms with Gasteiger partial charge < -0.3 is 14.8 Å². The average Bonchev–Trinajstić information content (AvgIpc) is 2.44. The maximum Gasteiger partial charge on any atom is 0.0637 e. The summed E-state index contributed by atoms with van der Waals surface area (Å²) >= 11 is 0. The minimum Gasteiger partial charge on any atom is -0.380 e. The van der Waals surface area contributed by atoms with Crippen molar-refractivity contribution < 1.29 is 9.47 Å². The predicted molar refractivity (Wildman–Crippen MR) is 75.0 cm³/mol. The Labute approximate surface area is 112 Å². The van der Waals surface area contributed by atoms with E-state index in [4.69, 9.17) is 9.47 Å². The summed E-state index contributed by atoms with van der Waals surface area (Å²) < 4.78 is 11.2. The first-order valence-corrected chi connectivity index (χ1v) is 7.26. The van der Waals surface area contributed by atoms with Crippen molar-refractivity contribution in [3.8, 4) is 0 Å². The van der Waals surface area contributed by atoms with Crippen LogP contribution in [0.2, 0.25) is 0 Å². The van der Waals surface area contributed by atoms with Gasteiger partial charge in [0, 0.05) is 31.3 Å². The summed E-state index contributed by atoms with van der Waals surface area (Å²) in [6.45, 7) is 12.1. The second-order valence-corrected chi connectivity index (χ2v) is 5.23. The van der Waals surface area contributed by atoms with Crippen LogP contribution in [0, 0.1) is 0 Å². The largest absolute Gasteiger partial charge is 0.380 e. The first-order valence-electron chi connectivity index (χ1n) is 7.26. The molecule has 4 nitrogen and oxygen atoms in total. The third-order valence-corrected chi connectivity index (χ3v) is 4.18. The lowest BCUT2D eigenvalue weighted by molar-refractivity contribution is -0.0453. The summed E-state index contributed by atoms with van der Waals surface area (Å²) in [7, 11) is 2.04. The van der Waals surface area contributed by atoms with Crippen molar-refractivity contribution in [1.29, 1.82) is 0 Å². The van der Waals surface area contributed by atoms with Gasteiger partial charge in [-0.2, -0.15) is 0 Å². The third-order valence-electron chi connectivity index (χ3n) is 4.18. The van der Waals surface area contributed by atoms with E-state index >= 15 is 0 Å². The van der Waals surface area contributed by atoms with E-state index in [1.165, 1.54) is 0 Å². The molecule has 1 saturated heterocycles. The molecule has 1 fully saturated rings. The maximum absolute atomic E-state index is 5.75. The van der Waals surface area contributed by atoms with Crippen LogP contribution in [-0.4, -0.2) is 63.0 Å². The number of hydrogen-bond acceptors (Lipinski definition) is 4. The standard InChI is InChI=1S/C14H30N2O2/c1-5-9-18-12-13(15-4)14(3,6-2)16-7-10-17-11-8-16/h13,15H,5-12H2,1-4H3. The van der Waals surface area contributed by atoms with Gasteiger partial charge in [0.15, 0.2) is 0 Å². The Bertz CT molecular complexity index is 220. The lowest BCUT2D eigenvalue weighted by Gasteiger charge is -2.47. The van der Waals surface area contributed by atoms with Gasteiger partial charge in [0.2, 0.25) is 0 Å². The zero-order chi connectivity index (χ0) is 13.4. The van der Waals surface area contributed by atoms with Gasteiger partial charge in [-0.05, 0) is 26.8 Å². The number of hydrogen-bond donors (Lipinski definition) is 1. The highest BCUT2D eigenvalue weighted by atomic mass is 16.5. The molecule has 108 valence electrons. The monoisotopic (exact) mass is 258 g/mol. The zero-order valence-electron chi connectivity index (χ0n) is 12.5. The van der Waals surface area contributed by atoms with Crippen molar-refractivity contribution in [1.82, 2.24) is 10.2 Å². The Balaban J connectivity index is 2.62. The lowest BCUT2D eigenvalue weighted by Crippen LogP contribution is -2.62. The van der Waals surface area contributed by atoms with Crippen molar-refractivity contribution in [3.05, 3.63) is 0 Å². The second kappa shape index (κ2) is 8.10. The number of nitrogens with zero attached hydrogens (tertiary/aromatic N) is 1. The van der Waals surface area contributed by atoms with E-state index in [1.807, 2.05) is 7.05 Å². The molecule has 0 aliphatic carbocycles. The summed E-state index contributed by atoms with van der Waals surface area (Å²) in [6, 6.07) is 0.368. The molecule has 1 aliphatic rings. The van der Waals surface area contributed by atoms with E-state index in [1.54, 1.807) is 0 Å². The Morgan fingerprint density at radius 1 is 1.33 bits per heavy atom. The van der Waals surface area contributed by atoms with Gasteiger partial charge in [0.05, 0.1) is 19.8 Å². The summed E-state index contributed by atoms with van der Waals surface area (Å²) in [4.78, 5) is 2.55. The molecule has 0 aromatic rings. The molecule has 1 aliphatic heterocycles. The Morgan fingerprint density at radius 2 is 2.00 bits per heavy atom. The molecule has 1 rings (SSSR count). The minimum atomic E-state index is 0.145. The molecule has 0 bridgehead atoms. The Hall–Kier alpha value is -0.160. The van der Waals surface area contributed by atoms with Gasteiger partial charge in [-0.15, -0.1) is 0 Å². The molecule has 0 amide bonds. The maximum atomic E-state index is 5.75. The lowest BCUT2D eigenvalue weighted by atomic mass is 9.87. The first kappa shape index (κ1) is 15.9. The fourth-order valence-corrected chi connectivity index (χ4v) is 2.68. The molecule has 0 spiro atoms. The normalized spacial score (nSPS) is 22.7. The number of ether oxygens (including phenoxy) is 2. The van der Waals surface area contributed by atoms with Crippen molar-refractivity contribution in [2.45, 2.75) is 45.2 Å². The van der Waals surface area contributed by atoms with E-state index in [0.717, 1.165) is 52.4 Å². The quantitative estimate of drug-likeness (QED) is 0.669. The highest BCUT2D eigenvalue weighted by Gasteiger charge is 2.38. The SMILES string of the molecule is CCCOCC(NC)C(C)(CC)N1CCOCC1. The summed E-state index contributed by atoms with van der Waals surface area (Å²) in [6.07, 6.45) is 2.20. The summed E-state index contributed by atoms with van der Waals surface area (Å²) in [5.41, 5.74) is 0.145. The number of rotatable bonds is 8. The van der Waals surface area contributed by atoms with Crippen molar-refractivity contribution >= 4 is 0 Å². The average molecular weight is 258 g/mol. The van der Waals surface area contributed by atoms with Crippen LogP contribution in [0.25, 0.3) is 0 Å². The highest BCUT2D eigenvalue weighted by Crippen LogP contribution is 2.25. The Morgan fingerprint density at radius 3 is 2.50 bits per heavy atom. The van der Waals surface area contributed by atoms with Crippen LogP contribution in [0.4, 0.5) is 0 Å². The van der Waals surface area contributed by atoms with Crippen LogP contribution in [0.3, 0.4) is 0 Å². The summed E-state index contributed by atoms with van der Waals surface area (Å²) in [5.74, 6) is 0. The van der Waals surface area contributed by atoms with Gasteiger partial charge in [0.25, 0.3) is 0 Å². The third kappa shape index (κ3) is 3.92.